The van der Waals surface area contributed by atoms with E-state index in [-0.39, 0.29) is 18.1 Å². The molecule has 1 atom stereocenters. The number of hydrogen-bond donors (Lipinski definition) is 2. The quantitative estimate of drug-likeness (QED) is 0.736. The number of urea groups is 1. The Balaban J connectivity index is 4.48. The van der Waals surface area contributed by atoms with Crippen LogP contribution in [0, 0.1) is 5.92 Å². The van der Waals surface area contributed by atoms with Gasteiger partial charge in [0, 0.05) is 18.6 Å². The van der Waals surface area contributed by atoms with Gasteiger partial charge in [-0.15, -0.1) is 0 Å². The van der Waals surface area contributed by atoms with Crippen LogP contribution >= 0.6 is 0 Å². The molecule has 0 aliphatic heterocycles. The first-order chi connectivity index (χ1) is 8.23. The van der Waals surface area contributed by atoms with Crippen molar-refractivity contribution in [2.75, 3.05) is 13.1 Å². The molecule has 0 aliphatic carbocycles. The highest BCUT2D eigenvalue weighted by molar-refractivity contribution is 5.76. The molecule has 5 nitrogen and oxygen atoms in total. The van der Waals surface area contributed by atoms with E-state index < -0.39 is 11.9 Å². The first kappa shape index (κ1) is 16.7. The van der Waals surface area contributed by atoms with Crippen LogP contribution in [0.5, 0.6) is 0 Å². The Morgan fingerprint density at radius 3 is 2.28 bits per heavy atom. The summed E-state index contributed by atoms with van der Waals surface area (Å²) in [6, 6.07) is -0.191. The summed E-state index contributed by atoms with van der Waals surface area (Å²) < 4.78 is 0. The molecule has 0 heterocycles. The second-order valence-corrected chi connectivity index (χ2v) is 5.34. The zero-order valence-electron chi connectivity index (χ0n) is 12.1. The Morgan fingerprint density at radius 2 is 1.89 bits per heavy atom. The van der Waals surface area contributed by atoms with Gasteiger partial charge in [-0.05, 0) is 27.2 Å². The summed E-state index contributed by atoms with van der Waals surface area (Å²) in [4.78, 5) is 24.4. The molecule has 2 N–H and O–H groups in total. The highest BCUT2D eigenvalue weighted by atomic mass is 16.4. The minimum atomic E-state index is -0.880. The summed E-state index contributed by atoms with van der Waals surface area (Å²) >= 11 is 0. The monoisotopic (exact) mass is 258 g/mol. The van der Waals surface area contributed by atoms with E-state index in [1.165, 1.54) is 4.90 Å². The molecule has 0 aromatic heterocycles. The first-order valence-corrected chi connectivity index (χ1v) is 6.53. The molecule has 0 aromatic rings. The molecule has 2 amide bonds. The van der Waals surface area contributed by atoms with E-state index >= 15 is 0 Å². The van der Waals surface area contributed by atoms with E-state index in [1.807, 2.05) is 20.8 Å². The fraction of sp³-hybridized carbons (Fsp3) is 0.846. The molecular weight excluding hydrogens is 232 g/mol. The minimum Gasteiger partial charge on any atom is -0.481 e. The number of carboxylic acid groups (broad SMARTS) is 1. The molecular formula is C13H26N2O3. The number of hydrogen-bond acceptors (Lipinski definition) is 2. The summed E-state index contributed by atoms with van der Waals surface area (Å²) in [5.74, 6) is -1.43. The largest absolute Gasteiger partial charge is 0.481 e. The lowest BCUT2D eigenvalue weighted by Crippen LogP contribution is -2.51. The number of carbonyl (C=O) groups excluding carboxylic acids is 1. The van der Waals surface area contributed by atoms with Gasteiger partial charge >= 0.3 is 12.0 Å². The Bertz CT molecular complexity index is 290. The van der Waals surface area contributed by atoms with Gasteiger partial charge in [-0.3, -0.25) is 4.79 Å². The third-order valence-electron chi connectivity index (χ3n) is 2.91. The van der Waals surface area contributed by atoms with Gasteiger partial charge in [0.2, 0.25) is 0 Å². The highest BCUT2D eigenvalue weighted by Crippen LogP contribution is 2.12. The molecule has 0 saturated carbocycles. The van der Waals surface area contributed by atoms with Crippen molar-refractivity contribution in [3.05, 3.63) is 0 Å². The summed E-state index contributed by atoms with van der Waals surface area (Å²) in [7, 11) is 0. The zero-order valence-corrected chi connectivity index (χ0v) is 12.1. The second-order valence-electron chi connectivity index (χ2n) is 5.34. The lowest BCUT2D eigenvalue weighted by molar-refractivity contribution is -0.141. The number of nitrogens with zero attached hydrogens (tertiary/aromatic N) is 1. The van der Waals surface area contributed by atoms with E-state index in [2.05, 4.69) is 12.2 Å². The third-order valence-corrected chi connectivity index (χ3v) is 2.91. The molecule has 0 fully saturated rings. The Hall–Kier alpha value is -1.26. The van der Waals surface area contributed by atoms with Crippen molar-refractivity contribution in [1.82, 2.24) is 10.2 Å². The van der Waals surface area contributed by atoms with Crippen molar-refractivity contribution in [3.63, 3.8) is 0 Å². The van der Waals surface area contributed by atoms with Crippen molar-refractivity contribution in [2.24, 2.45) is 5.92 Å². The lowest BCUT2D eigenvalue weighted by Gasteiger charge is -2.31. The molecule has 1 unspecified atom stereocenters. The molecule has 0 rings (SSSR count). The predicted molar refractivity (Wildman–Crippen MR) is 71.6 cm³/mol. The van der Waals surface area contributed by atoms with Gasteiger partial charge in [-0.2, -0.15) is 0 Å². The van der Waals surface area contributed by atoms with E-state index in [0.29, 0.717) is 6.54 Å². The van der Waals surface area contributed by atoms with Crippen LogP contribution in [0.15, 0.2) is 0 Å². The fourth-order valence-corrected chi connectivity index (χ4v) is 1.82. The maximum atomic E-state index is 12.0. The average Bonchev–Trinajstić information content (AvgIpc) is 2.23. The van der Waals surface area contributed by atoms with Gasteiger partial charge in [0.05, 0.1) is 5.92 Å². The van der Waals surface area contributed by atoms with Gasteiger partial charge in [0.1, 0.15) is 0 Å². The summed E-state index contributed by atoms with van der Waals surface area (Å²) in [5, 5.41) is 11.8. The molecule has 106 valence electrons. The van der Waals surface area contributed by atoms with Crippen LogP contribution in [-0.4, -0.2) is 40.6 Å². The Kier molecular flexibility index (Phi) is 6.73. The molecule has 5 heteroatoms. The van der Waals surface area contributed by atoms with E-state index in [4.69, 9.17) is 5.11 Å². The van der Waals surface area contributed by atoms with Crippen molar-refractivity contribution < 1.29 is 14.7 Å². The van der Waals surface area contributed by atoms with Gasteiger partial charge in [0.25, 0.3) is 0 Å². The fourth-order valence-electron chi connectivity index (χ4n) is 1.82. The number of carbonyl (C=O) groups is 2. The van der Waals surface area contributed by atoms with Crippen LogP contribution in [0.4, 0.5) is 4.79 Å². The highest BCUT2D eigenvalue weighted by Gasteiger charge is 2.24. The smallest absolute Gasteiger partial charge is 0.317 e. The van der Waals surface area contributed by atoms with E-state index in [1.54, 1.807) is 6.92 Å². The molecule has 0 radical (unpaired) electrons. The predicted octanol–water partition coefficient (Wildman–Crippen LogP) is 2.32. The molecule has 0 aromatic carbocycles. The number of nitrogens with one attached hydrogen (secondary N) is 1. The van der Waals surface area contributed by atoms with Crippen molar-refractivity contribution in [3.8, 4) is 0 Å². The molecule has 0 aliphatic rings. The second kappa shape index (κ2) is 7.24. The van der Waals surface area contributed by atoms with E-state index in [0.717, 1.165) is 12.8 Å². The lowest BCUT2D eigenvalue weighted by atomic mass is 9.99. The van der Waals surface area contributed by atoms with Crippen molar-refractivity contribution in [2.45, 2.75) is 53.0 Å². The van der Waals surface area contributed by atoms with Gasteiger partial charge in [-0.25, -0.2) is 4.79 Å². The Labute approximate surface area is 110 Å². The van der Waals surface area contributed by atoms with Crippen LogP contribution < -0.4 is 5.32 Å². The van der Waals surface area contributed by atoms with Gasteiger partial charge in [-0.1, -0.05) is 20.3 Å². The number of rotatable bonds is 7. The topological polar surface area (TPSA) is 69.6 Å². The standard InChI is InChI=1S/C13H26N2O3/c1-6-8-13(4,5)14-12(18)15(7-2)9-10(3)11(16)17/h10H,6-9H2,1-5H3,(H,14,18)(H,16,17). The zero-order chi connectivity index (χ0) is 14.3. The molecule has 18 heavy (non-hydrogen) atoms. The van der Waals surface area contributed by atoms with Crippen molar-refractivity contribution in [1.29, 1.82) is 0 Å². The van der Waals surface area contributed by atoms with Crippen LogP contribution in [-0.2, 0) is 4.79 Å². The Morgan fingerprint density at radius 1 is 1.33 bits per heavy atom. The molecule has 0 saturated heterocycles. The summed E-state index contributed by atoms with van der Waals surface area (Å²) in [6.07, 6.45) is 1.88. The SMILES string of the molecule is CCCC(C)(C)NC(=O)N(CC)CC(C)C(=O)O. The van der Waals surface area contributed by atoms with Crippen LogP contribution in [0.3, 0.4) is 0 Å². The third kappa shape index (κ3) is 5.89. The molecule has 0 spiro atoms. The number of amides is 2. The normalized spacial score (nSPS) is 12.9. The van der Waals surface area contributed by atoms with Gasteiger partial charge < -0.3 is 15.3 Å². The first-order valence-electron chi connectivity index (χ1n) is 6.53. The summed E-state index contributed by atoms with van der Waals surface area (Å²) in [5.41, 5.74) is -0.258. The maximum absolute atomic E-state index is 12.0. The average molecular weight is 258 g/mol. The minimum absolute atomic E-state index is 0.191. The van der Waals surface area contributed by atoms with E-state index in [9.17, 15) is 9.59 Å². The number of aliphatic carboxylic acids is 1. The maximum Gasteiger partial charge on any atom is 0.317 e. The van der Waals surface area contributed by atoms with Crippen LogP contribution in [0.25, 0.3) is 0 Å². The van der Waals surface area contributed by atoms with Crippen molar-refractivity contribution >= 4 is 12.0 Å². The van der Waals surface area contributed by atoms with Gasteiger partial charge in [0.15, 0.2) is 0 Å². The molecule has 0 bridgehead atoms. The number of carboxylic acids is 1. The van der Waals surface area contributed by atoms with Crippen LogP contribution in [0.2, 0.25) is 0 Å². The van der Waals surface area contributed by atoms with Crippen LogP contribution in [0.1, 0.15) is 47.5 Å². The summed E-state index contributed by atoms with van der Waals surface area (Å²) in [6.45, 7) is 10.2.